The van der Waals surface area contributed by atoms with Crippen LogP contribution in [0.25, 0.3) is 18.2 Å². The van der Waals surface area contributed by atoms with E-state index in [4.69, 9.17) is 22.1 Å². The Labute approximate surface area is 302 Å². The minimum absolute atomic E-state index is 0.258. The van der Waals surface area contributed by atoms with Gasteiger partial charge in [0.05, 0.1) is 12.0 Å². The monoisotopic (exact) mass is 696 g/mol. The van der Waals surface area contributed by atoms with Gasteiger partial charge in [0.2, 0.25) is 0 Å². The number of carboxylic acid groups (broad SMARTS) is 1. The van der Waals surface area contributed by atoms with Gasteiger partial charge < -0.3 is 14.7 Å². The molecule has 2 aliphatic heterocycles. The van der Waals surface area contributed by atoms with E-state index in [9.17, 15) is 9.59 Å². The summed E-state index contributed by atoms with van der Waals surface area (Å²) in [6.07, 6.45) is 9.63. The Morgan fingerprint density at radius 1 is 0.960 bits per heavy atom. The molecule has 4 aromatic carbocycles. The van der Waals surface area contributed by atoms with E-state index in [1.165, 1.54) is 36.2 Å². The molecule has 2 fully saturated rings. The number of nitrogens with zero attached hydrogens (tertiary/aromatic N) is 2. The van der Waals surface area contributed by atoms with Crippen molar-refractivity contribution in [3.8, 4) is 17.6 Å². The molecule has 0 bridgehead atoms. The minimum Gasteiger partial charge on any atom is -0.497 e. The maximum Gasteiger partial charge on any atom is 0.323 e. The number of thiocarbonyl (C=S) groups is 1. The highest BCUT2D eigenvalue weighted by molar-refractivity contribution is 8.26. The van der Waals surface area contributed by atoms with E-state index >= 15 is 0 Å². The number of hydrogen-bond acceptors (Lipinski definition) is 6. The fourth-order valence-electron chi connectivity index (χ4n) is 7.10. The largest absolute Gasteiger partial charge is 0.497 e. The fraction of sp³-hybridized carbons (Fsp3) is 0.214. The van der Waals surface area contributed by atoms with Crippen LogP contribution in [0.5, 0.6) is 5.75 Å². The maximum atomic E-state index is 12.8. The zero-order valence-corrected chi connectivity index (χ0v) is 29.7. The van der Waals surface area contributed by atoms with Gasteiger partial charge in [-0.25, -0.2) is 0 Å². The molecule has 1 aliphatic carbocycles. The van der Waals surface area contributed by atoms with Crippen molar-refractivity contribution in [2.24, 2.45) is 0 Å². The number of anilines is 2. The van der Waals surface area contributed by atoms with Crippen LogP contribution >= 0.6 is 24.0 Å². The van der Waals surface area contributed by atoms with Crippen LogP contribution in [-0.4, -0.2) is 45.9 Å². The molecule has 6 nitrogen and oxygen atoms in total. The summed E-state index contributed by atoms with van der Waals surface area (Å²) in [5.74, 6) is 6.70. The molecule has 0 radical (unpaired) electrons. The fourth-order valence-corrected chi connectivity index (χ4v) is 8.35. The molecule has 1 saturated carbocycles. The molecular formula is C42H36N2O4S2. The number of thioether (sulfide) groups is 1. The quantitative estimate of drug-likeness (QED) is 0.0896. The molecule has 2 unspecified atom stereocenters. The summed E-state index contributed by atoms with van der Waals surface area (Å²) in [4.78, 5) is 28.0. The number of aryl methyl sites for hydroxylation is 2. The predicted molar refractivity (Wildman–Crippen MR) is 207 cm³/mol. The van der Waals surface area contributed by atoms with Crippen molar-refractivity contribution in [2.45, 2.75) is 45.1 Å². The zero-order chi connectivity index (χ0) is 34.9. The lowest BCUT2D eigenvalue weighted by Crippen LogP contribution is -2.33. The zero-order valence-electron chi connectivity index (χ0n) is 28.1. The maximum absolute atomic E-state index is 12.8. The van der Waals surface area contributed by atoms with Gasteiger partial charge >= 0.3 is 5.97 Å². The van der Waals surface area contributed by atoms with Crippen LogP contribution < -0.4 is 9.64 Å². The second-order valence-electron chi connectivity index (χ2n) is 12.9. The summed E-state index contributed by atoms with van der Waals surface area (Å²) in [6, 6.07) is 28.1. The lowest BCUT2D eigenvalue weighted by Gasteiger charge is -2.27. The summed E-state index contributed by atoms with van der Waals surface area (Å²) in [5.41, 5.74) is 11.0. The second kappa shape index (κ2) is 14.0. The highest BCUT2D eigenvalue weighted by atomic mass is 32.2. The van der Waals surface area contributed by atoms with E-state index < -0.39 is 12.5 Å². The Bertz CT molecular complexity index is 2140. The van der Waals surface area contributed by atoms with Crippen LogP contribution in [-0.2, 0) is 9.59 Å². The number of carbonyl (C=O) groups excluding carboxylic acids is 1. The molecule has 2 atom stereocenters. The lowest BCUT2D eigenvalue weighted by atomic mass is 9.95. The molecule has 2 heterocycles. The predicted octanol–water partition coefficient (Wildman–Crippen LogP) is 8.96. The number of ether oxygens (including phenoxy) is 1. The van der Waals surface area contributed by atoms with E-state index in [1.807, 2.05) is 38.1 Å². The van der Waals surface area contributed by atoms with Gasteiger partial charge in [-0.05, 0) is 115 Å². The third-order valence-electron chi connectivity index (χ3n) is 9.66. The molecular weight excluding hydrogens is 661 g/mol. The number of hydrogen-bond donors (Lipinski definition) is 1. The average molecular weight is 697 g/mol. The molecule has 7 rings (SSSR count). The molecule has 0 spiro atoms. The molecule has 1 N–H and O–H groups in total. The summed E-state index contributed by atoms with van der Waals surface area (Å²) < 4.78 is 5.53. The topological polar surface area (TPSA) is 70.1 Å². The van der Waals surface area contributed by atoms with Crippen LogP contribution in [0.1, 0.15) is 69.7 Å². The summed E-state index contributed by atoms with van der Waals surface area (Å²) in [6.45, 7) is 3.57. The van der Waals surface area contributed by atoms with Crippen LogP contribution in [0.4, 0.5) is 11.4 Å². The van der Waals surface area contributed by atoms with Gasteiger partial charge in [0.15, 0.2) is 0 Å². The number of fused-ring (bicyclic) bond motifs is 3. The number of aliphatic carboxylic acids is 1. The Balaban J connectivity index is 1.09. The molecule has 0 aromatic heterocycles. The van der Waals surface area contributed by atoms with Gasteiger partial charge in [0, 0.05) is 34.5 Å². The van der Waals surface area contributed by atoms with Crippen molar-refractivity contribution in [1.29, 1.82) is 0 Å². The third-order valence-corrected chi connectivity index (χ3v) is 11.0. The van der Waals surface area contributed by atoms with Crippen molar-refractivity contribution in [3.63, 3.8) is 0 Å². The third kappa shape index (κ3) is 6.72. The number of carbonyl (C=O) groups is 2. The number of benzene rings is 4. The van der Waals surface area contributed by atoms with Gasteiger partial charge in [-0.15, -0.1) is 0 Å². The summed E-state index contributed by atoms with van der Waals surface area (Å²) in [5, 5.41) is 9.13. The molecule has 4 aromatic rings. The van der Waals surface area contributed by atoms with Crippen molar-refractivity contribution in [1.82, 2.24) is 4.90 Å². The Morgan fingerprint density at radius 2 is 1.68 bits per heavy atom. The van der Waals surface area contributed by atoms with Gasteiger partial charge in [-0.3, -0.25) is 14.5 Å². The van der Waals surface area contributed by atoms with E-state index in [1.54, 1.807) is 13.2 Å². The van der Waals surface area contributed by atoms with Crippen LogP contribution in [0.2, 0.25) is 0 Å². The highest BCUT2D eigenvalue weighted by Gasteiger charge is 2.42. The first-order valence-electron chi connectivity index (χ1n) is 16.6. The van der Waals surface area contributed by atoms with Crippen molar-refractivity contribution in [2.75, 3.05) is 18.6 Å². The minimum atomic E-state index is -1.10. The van der Waals surface area contributed by atoms with Crippen molar-refractivity contribution in [3.05, 3.63) is 128 Å². The van der Waals surface area contributed by atoms with Crippen molar-refractivity contribution < 1.29 is 19.4 Å². The van der Waals surface area contributed by atoms with Gasteiger partial charge in [-0.1, -0.05) is 84.7 Å². The van der Waals surface area contributed by atoms with E-state index in [0.717, 1.165) is 61.4 Å². The number of methoxy groups -OCH3 is 1. The first-order valence-corrected chi connectivity index (χ1v) is 17.9. The van der Waals surface area contributed by atoms with Gasteiger partial charge in [0.1, 0.15) is 16.6 Å². The average Bonchev–Trinajstić information content (AvgIpc) is 3.78. The molecule has 1 saturated heterocycles. The molecule has 50 heavy (non-hydrogen) atoms. The molecule has 250 valence electrons. The SMILES string of the molecule is COc1ccc(/C=C/c2ccc(N3c4ccc(C#Cc5cc(C)c(/C=C6\SC(=S)N(CC(=O)O)C6=O)cc5C)cc4C4CCCC43)cc2)cc1. The summed E-state index contributed by atoms with van der Waals surface area (Å²) in [7, 11) is 1.68. The highest BCUT2D eigenvalue weighted by Crippen LogP contribution is 2.52. The van der Waals surface area contributed by atoms with Gasteiger partial charge in [0.25, 0.3) is 5.91 Å². The second-order valence-corrected chi connectivity index (χ2v) is 14.6. The van der Waals surface area contributed by atoms with Crippen LogP contribution in [0.15, 0.2) is 83.8 Å². The van der Waals surface area contributed by atoms with Crippen molar-refractivity contribution >= 4 is 69.8 Å². The molecule has 1 amide bonds. The standard InChI is InChI=1S/C42H36N2O4S2/c1-26-22-32(24-39-41(47)43(25-40(45)46)42(49)50-39)27(2)21-31(26)15-9-30-14-20-38-36(23-30)35-5-4-6-37(35)44(38)33-16-10-28(11-17-33)7-8-29-12-18-34(48-3)19-13-29/h7-8,10-14,16-24,35,37H,4-6,25H2,1-3H3,(H,45,46)/b8-7+,39-24-. The lowest BCUT2D eigenvalue weighted by molar-refractivity contribution is -0.140. The molecule has 8 heteroatoms. The Hall–Kier alpha value is -5.10. The first-order chi connectivity index (χ1) is 24.2. The van der Waals surface area contributed by atoms with Gasteiger partial charge in [-0.2, -0.15) is 0 Å². The van der Waals surface area contributed by atoms with E-state index in [0.29, 0.717) is 16.9 Å². The van der Waals surface area contributed by atoms with E-state index in [2.05, 4.69) is 83.5 Å². The smallest absolute Gasteiger partial charge is 0.323 e. The molecule has 3 aliphatic rings. The van der Waals surface area contributed by atoms with Crippen LogP contribution in [0.3, 0.4) is 0 Å². The summed E-state index contributed by atoms with van der Waals surface area (Å²) >= 11 is 6.38. The van der Waals surface area contributed by atoms with Crippen LogP contribution in [0, 0.1) is 25.7 Å². The van der Waals surface area contributed by atoms with E-state index in [-0.39, 0.29) is 10.2 Å². The first kappa shape index (κ1) is 33.4. The number of rotatable bonds is 7. The Morgan fingerprint density at radius 3 is 2.38 bits per heavy atom. The normalized spacial score (nSPS) is 18.8. The Kier molecular flexibility index (Phi) is 9.37. The number of carboxylic acids is 1. The number of amides is 1.